The Labute approximate surface area is 125 Å². The molecule has 2 aromatic heterocycles. The van der Waals surface area contributed by atoms with Crippen LogP contribution in [0.25, 0.3) is 16.9 Å². The van der Waals surface area contributed by atoms with E-state index < -0.39 is 5.91 Å². The number of hydrogen-bond donors (Lipinski definition) is 3. The molecule has 3 N–H and O–H groups in total. The molecule has 0 unspecified atom stereocenters. The highest BCUT2D eigenvalue weighted by Crippen LogP contribution is 2.23. The summed E-state index contributed by atoms with van der Waals surface area (Å²) in [5.41, 5.74) is 1.86. The number of benzene rings is 1. The molecule has 0 aliphatic heterocycles. The Bertz CT molecular complexity index is 814. The van der Waals surface area contributed by atoms with Crippen LogP contribution in [0.1, 0.15) is 10.4 Å². The number of aliphatic hydroxyl groups excluding tert-OH is 1. The summed E-state index contributed by atoms with van der Waals surface area (Å²) in [5.74, 6) is -0.508. The van der Waals surface area contributed by atoms with Gasteiger partial charge in [-0.05, 0) is 0 Å². The minimum Gasteiger partial charge on any atom is -0.493 e. The molecule has 0 aliphatic rings. The van der Waals surface area contributed by atoms with Crippen LogP contribution in [0, 0.1) is 0 Å². The Hall–Kier alpha value is -2.93. The summed E-state index contributed by atoms with van der Waals surface area (Å²) in [5, 5.41) is 25.3. The lowest BCUT2D eigenvalue weighted by atomic mass is 10.1. The van der Waals surface area contributed by atoms with Crippen LogP contribution in [0.15, 0.2) is 42.6 Å². The van der Waals surface area contributed by atoms with E-state index in [0.29, 0.717) is 5.69 Å². The van der Waals surface area contributed by atoms with Gasteiger partial charge in [-0.3, -0.25) is 4.79 Å². The Morgan fingerprint density at radius 2 is 2.05 bits per heavy atom. The van der Waals surface area contributed by atoms with Gasteiger partial charge < -0.3 is 15.5 Å². The van der Waals surface area contributed by atoms with Crippen molar-refractivity contribution in [3.05, 3.63) is 48.2 Å². The third kappa shape index (κ3) is 2.49. The van der Waals surface area contributed by atoms with Gasteiger partial charge in [0.05, 0.1) is 18.5 Å². The van der Waals surface area contributed by atoms with E-state index in [1.807, 2.05) is 30.3 Å². The van der Waals surface area contributed by atoms with Crippen LogP contribution in [0.4, 0.5) is 0 Å². The molecule has 0 saturated heterocycles. The molecule has 2 heterocycles. The molecular formula is C15H14N4O3. The van der Waals surface area contributed by atoms with Gasteiger partial charge in [-0.2, -0.15) is 9.61 Å². The highest BCUT2D eigenvalue weighted by molar-refractivity contribution is 5.99. The summed E-state index contributed by atoms with van der Waals surface area (Å²) in [6, 6.07) is 10.8. The average molecular weight is 298 g/mol. The number of nitrogens with zero attached hydrogens (tertiary/aromatic N) is 3. The van der Waals surface area contributed by atoms with Crippen LogP contribution in [0.5, 0.6) is 5.88 Å². The van der Waals surface area contributed by atoms with Crippen molar-refractivity contribution < 1.29 is 15.0 Å². The molecule has 0 bridgehead atoms. The minimum atomic E-state index is -0.402. The number of nitrogens with one attached hydrogen (secondary N) is 1. The van der Waals surface area contributed by atoms with Crippen molar-refractivity contribution in [2.24, 2.45) is 0 Å². The molecule has 22 heavy (non-hydrogen) atoms. The fourth-order valence-electron chi connectivity index (χ4n) is 2.13. The van der Waals surface area contributed by atoms with E-state index in [1.165, 1.54) is 16.8 Å². The van der Waals surface area contributed by atoms with E-state index in [1.54, 1.807) is 0 Å². The minimum absolute atomic E-state index is 0.106. The van der Waals surface area contributed by atoms with E-state index in [0.717, 1.165) is 5.56 Å². The maximum Gasteiger partial charge on any atom is 0.256 e. The van der Waals surface area contributed by atoms with Gasteiger partial charge in [0.1, 0.15) is 5.56 Å². The maximum atomic E-state index is 12.0. The normalized spacial score (nSPS) is 10.8. The number of fused-ring (bicyclic) bond motifs is 1. The van der Waals surface area contributed by atoms with Gasteiger partial charge in [-0.25, -0.2) is 4.98 Å². The molecule has 0 radical (unpaired) electrons. The van der Waals surface area contributed by atoms with Gasteiger partial charge in [0.15, 0.2) is 5.65 Å². The molecule has 0 spiro atoms. The van der Waals surface area contributed by atoms with Gasteiger partial charge in [0, 0.05) is 18.2 Å². The first kappa shape index (κ1) is 14.0. The first-order valence-corrected chi connectivity index (χ1v) is 6.73. The number of carbonyl (C=O) groups is 1. The highest BCUT2D eigenvalue weighted by Gasteiger charge is 2.17. The Morgan fingerprint density at radius 3 is 2.77 bits per heavy atom. The number of hydrogen-bond acceptors (Lipinski definition) is 5. The summed E-state index contributed by atoms with van der Waals surface area (Å²) in [7, 11) is 0. The number of carbonyl (C=O) groups excluding carboxylic acids is 1. The Morgan fingerprint density at radius 1 is 1.27 bits per heavy atom. The first-order chi connectivity index (χ1) is 10.7. The molecule has 0 fully saturated rings. The van der Waals surface area contributed by atoms with E-state index in [2.05, 4.69) is 15.4 Å². The fourth-order valence-corrected chi connectivity index (χ4v) is 2.13. The van der Waals surface area contributed by atoms with Crippen LogP contribution in [-0.2, 0) is 0 Å². The van der Waals surface area contributed by atoms with Crippen molar-refractivity contribution in [1.29, 1.82) is 0 Å². The molecule has 1 amide bonds. The SMILES string of the molecule is O=C(NCCO)c1cnn2c(O)cc(-c3ccccc3)nc12. The molecule has 7 heteroatoms. The second-order valence-electron chi connectivity index (χ2n) is 4.64. The zero-order valence-electron chi connectivity index (χ0n) is 11.6. The second kappa shape index (κ2) is 5.82. The van der Waals surface area contributed by atoms with Crippen molar-refractivity contribution in [1.82, 2.24) is 19.9 Å². The van der Waals surface area contributed by atoms with Crippen molar-refractivity contribution in [2.75, 3.05) is 13.2 Å². The Kier molecular flexibility index (Phi) is 3.71. The van der Waals surface area contributed by atoms with Crippen LogP contribution in [-0.4, -0.2) is 43.9 Å². The lowest BCUT2D eigenvalue weighted by molar-refractivity contribution is 0.0946. The second-order valence-corrected chi connectivity index (χ2v) is 4.64. The third-order valence-electron chi connectivity index (χ3n) is 3.16. The van der Waals surface area contributed by atoms with Crippen LogP contribution < -0.4 is 5.32 Å². The summed E-state index contributed by atoms with van der Waals surface area (Å²) in [4.78, 5) is 16.5. The van der Waals surface area contributed by atoms with Crippen LogP contribution in [0.3, 0.4) is 0 Å². The lowest BCUT2D eigenvalue weighted by Crippen LogP contribution is -2.26. The quantitative estimate of drug-likeness (QED) is 0.662. The monoisotopic (exact) mass is 298 g/mol. The smallest absolute Gasteiger partial charge is 0.256 e. The van der Waals surface area contributed by atoms with Gasteiger partial charge >= 0.3 is 0 Å². The molecule has 3 aromatic rings. The first-order valence-electron chi connectivity index (χ1n) is 6.73. The summed E-state index contributed by atoms with van der Waals surface area (Å²) >= 11 is 0. The van der Waals surface area contributed by atoms with Crippen LogP contribution >= 0.6 is 0 Å². The number of aliphatic hydroxyl groups is 1. The van der Waals surface area contributed by atoms with Gasteiger partial charge in [-0.15, -0.1) is 0 Å². The predicted molar refractivity (Wildman–Crippen MR) is 79.5 cm³/mol. The number of aromatic hydroxyl groups is 1. The third-order valence-corrected chi connectivity index (χ3v) is 3.16. The van der Waals surface area contributed by atoms with E-state index in [9.17, 15) is 9.90 Å². The predicted octanol–water partition coefficient (Wildman–Crippen LogP) is 0.824. The molecular weight excluding hydrogens is 284 g/mol. The van der Waals surface area contributed by atoms with Crippen molar-refractivity contribution in [3.8, 4) is 17.1 Å². The van der Waals surface area contributed by atoms with Crippen molar-refractivity contribution in [2.45, 2.75) is 0 Å². The number of rotatable bonds is 4. The van der Waals surface area contributed by atoms with Crippen LogP contribution in [0.2, 0.25) is 0 Å². The fraction of sp³-hybridized carbons (Fsp3) is 0.133. The topological polar surface area (TPSA) is 99.8 Å². The zero-order valence-corrected chi connectivity index (χ0v) is 11.6. The van der Waals surface area contributed by atoms with E-state index in [4.69, 9.17) is 5.11 Å². The largest absolute Gasteiger partial charge is 0.493 e. The Balaban J connectivity index is 2.09. The lowest BCUT2D eigenvalue weighted by Gasteiger charge is -2.05. The van der Waals surface area contributed by atoms with Crippen molar-refractivity contribution >= 4 is 11.6 Å². The van der Waals surface area contributed by atoms with Gasteiger partial charge in [0.25, 0.3) is 5.91 Å². The molecule has 112 valence electrons. The van der Waals surface area contributed by atoms with Gasteiger partial charge in [0.2, 0.25) is 5.88 Å². The highest BCUT2D eigenvalue weighted by atomic mass is 16.3. The van der Waals surface area contributed by atoms with Gasteiger partial charge in [-0.1, -0.05) is 30.3 Å². The number of amides is 1. The van der Waals surface area contributed by atoms with E-state index >= 15 is 0 Å². The maximum absolute atomic E-state index is 12.0. The molecule has 3 rings (SSSR count). The molecule has 0 atom stereocenters. The molecule has 1 aromatic carbocycles. The standard InChI is InChI=1S/C15H14N4O3/c20-7-6-16-15(22)11-9-17-19-13(21)8-12(18-14(11)19)10-4-2-1-3-5-10/h1-5,8-9,20-21H,6-7H2,(H,16,22). The molecule has 0 saturated carbocycles. The zero-order chi connectivity index (χ0) is 15.5. The molecule has 7 nitrogen and oxygen atoms in total. The van der Waals surface area contributed by atoms with E-state index in [-0.39, 0.29) is 30.2 Å². The average Bonchev–Trinajstić information content (AvgIpc) is 2.98. The summed E-state index contributed by atoms with van der Waals surface area (Å²) < 4.78 is 1.19. The molecule has 0 aliphatic carbocycles. The van der Waals surface area contributed by atoms with Crippen molar-refractivity contribution in [3.63, 3.8) is 0 Å². The summed E-state index contributed by atoms with van der Waals surface area (Å²) in [6.45, 7) is -0.0145. The number of aromatic nitrogens is 3. The summed E-state index contributed by atoms with van der Waals surface area (Å²) in [6.07, 6.45) is 1.34.